The van der Waals surface area contributed by atoms with E-state index in [1.807, 2.05) is 6.08 Å². The maximum absolute atomic E-state index is 3.15. The molecule has 3 aliphatic carbocycles. The first-order chi connectivity index (χ1) is 18.8. The monoisotopic (exact) mass is 668 g/mol. The fourth-order valence-corrected chi connectivity index (χ4v) is 6.27. The van der Waals surface area contributed by atoms with Crippen LogP contribution in [0.2, 0.25) is 0 Å². The first kappa shape index (κ1) is 34.3. The second-order valence-electron chi connectivity index (χ2n) is 12.8. The van der Waals surface area contributed by atoms with E-state index in [4.69, 9.17) is 0 Å². The zero-order valence-electron chi connectivity index (χ0n) is 26.0. The molecular formula is C39H40Cl2Zr-2. The molecule has 0 heterocycles. The summed E-state index contributed by atoms with van der Waals surface area (Å²) in [6.07, 6.45) is 16.6. The summed E-state index contributed by atoms with van der Waals surface area (Å²) in [4.78, 5) is 0. The third-order valence-corrected chi connectivity index (χ3v) is 9.07. The molecule has 4 aromatic carbocycles. The predicted molar refractivity (Wildman–Crippen MR) is 173 cm³/mol. The minimum absolute atomic E-state index is 0. The topological polar surface area (TPSA) is 0 Å². The molecule has 1 unspecified atom stereocenters. The number of hydrogen-bond donors (Lipinski definition) is 0. The zero-order chi connectivity index (χ0) is 28.8. The number of hydrogen-bond acceptors (Lipinski definition) is 0. The van der Waals surface area contributed by atoms with Crippen LogP contribution in [0.5, 0.6) is 0 Å². The van der Waals surface area contributed by atoms with Gasteiger partial charge in [-0.25, -0.2) is 11.6 Å². The average Bonchev–Trinajstić information content (AvgIpc) is 3.62. The Labute approximate surface area is 280 Å². The first-order valence-corrected chi connectivity index (χ1v) is 15.6. The molecule has 0 aromatic heterocycles. The number of aryl methyl sites for hydroxylation is 1. The summed E-state index contributed by atoms with van der Waals surface area (Å²) in [5.74, 6) is 0.556. The molecule has 0 nitrogen and oxygen atoms in total. The Morgan fingerprint density at radius 2 is 1.26 bits per heavy atom. The molecule has 42 heavy (non-hydrogen) atoms. The Morgan fingerprint density at radius 3 is 1.62 bits per heavy atom. The van der Waals surface area contributed by atoms with Crippen molar-refractivity contribution in [2.75, 3.05) is 0 Å². The van der Waals surface area contributed by atoms with Crippen molar-refractivity contribution in [2.24, 2.45) is 5.92 Å². The van der Waals surface area contributed by atoms with Gasteiger partial charge in [-0.3, -0.25) is 6.08 Å². The minimum atomic E-state index is 0. The molecule has 216 valence electrons. The van der Waals surface area contributed by atoms with Crippen molar-refractivity contribution >= 4 is 36.9 Å². The summed E-state index contributed by atoms with van der Waals surface area (Å²) in [6, 6.07) is 20.6. The Bertz CT molecular complexity index is 1650. The fraction of sp³-hybridized carbons (Fsp3) is 0.282. The smallest absolute Gasteiger partial charge is 1.00 e. The summed E-state index contributed by atoms with van der Waals surface area (Å²) >= 11 is 1.51. The van der Waals surface area contributed by atoms with E-state index in [0.29, 0.717) is 5.92 Å². The molecule has 1 atom stereocenters. The fourth-order valence-electron chi connectivity index (χ4n) is 5.86. The van der Waals surface area contributed by atoms with Crippen LogP contribution in [-0.4, -0.2) is 3.21 Å². The van der Waals surface area contributed by atoms with Crippen LogP contribution in [0, 0.1) is 18.9 Å². The van der Waals surface area contributed by atoms with E-state index in [1.165, 1.54) is 87.9 Å². The second-order valence-corrected chi connectivity index (χ2v) is 14.7. The summed E-state index contributed by atoms with van der Waals surface area (Å²) in [6.45, 7) is 17.7. The normalized spacial score (nSPS) is 17.8. The molecule has 0 saturated heterocycles. The number of halogens is 2. The van der Waals surface area contributed by atoms with Crippen molar-refractivity contribution in [3.63, 3.8) is 0 Å². The second kappa shape index (κ2) is 13.2. The quantitative estimate of drug-likeness (QED) is 0.265. The molecule has 0 aliphatic heterocycles. The third kappa shape index (κ3) is 7.13. The van der Waals surface area contributed by atoms with Crippen molar-refractivity contribution in [1.82, 2.24) is 0 Å². The van der Waals surface area contributed by atoms with Crippen LogP contribution in [0.1, 0.15) is 81.8 Å². The van der Waals surface area contributed by atoms with Gasteiger partial charge in [0.25, 0.3) is 0 Å². The number of fused-ring (bicyclic) bond motifs is 5. The molecule has 0 fully saturated rings. The zero-order valence-corrected chi connectivity index (χ0v) is 30.0. The molecule has 3 aliphatic rings. The van der Waals surface area contributed by atoms with E-state index in [9.17, 15) is 0 Å². The molecule has 0 spiro atoms. The summed E-state index contributed by atoms with van der Waals surface area (Å²) < 4.78 is 1.46. The van der Waals surface area contributed by atoms with Crippen LogP contribution >= 0.6 is 0 Å². The van der Waals surface area contributed by atoms with Gasteiger partial charge in [-0.2, -0.15) is 6.08 Å². The SMILES string of the molecule is CC1(C)C=Cc2cc3c(cc21)[cH-]c1cc2c(cc13)C=CC2(C)C.CC1=CC(C)[C-]=C1.C[C](=[Zr+2])c1ccc(C)cc1.[Cl-].[Cl-]. The van der Waals surface area contributed by atoms with E-state index in [1.54, 1.807) is 0 Å². The van der Waals surface area contributed by atoms with E-state index >= 15 is 0 Å². The molecule has 3 heteroatoms. The number of benzene rings is 3. The largest absolute Gasteiger partial charge is 1.00 e. The molecule has 0 N–H and O–H groups in total. The predicted octanol–water partition coefficient (Wildman–Crippen LogP) is 4.35. The van der Waals surface area contributed by atoms with Gasteiger partial charge < -0.3 is 24.8 Å². The van der Waals surface area contributed by atoms with Gasteiger partial charge in [-0.15, -0.1) is 46.7 Å². The molecule has 0 amide bonds. The Balaban J connectivity index is 0.000000213. The van der Waals surface area contributed by atoms with E-state index in [0.717, 1.165) is 0 Å². The molecule has 0 bridgehead atoms. The van der Waals surface area contributed by atoms with E-state index in [2.05, 4.69) is 146 Å². The van der Waals surface area contributed by atoms with Gasteiger partial charge in [0.2, 0.25) is 0 Å². The standard InChI is InChI=1S/C23H21.C9H10.C7H9.2ClH.Zr/c1-22(2)7-5-14-10-18-16(12-20(14)22)9-17-13-21-15(11-19(17)18)6-8-23(21,3)4;1-3-9-6-4-8(2)5-7-9;1-6-3-4-7(2)5-6;;;/h5-13H,1-4H3;4-7H,1-2H3;3,5,7H,1-2H3;2*1H;/q-1;;-1;;;+2/p-2. The Kier molecular flexibility index (Phi) is 10.8. The maximum atomic E-state index is 3.15. The average molecular weight is 671 g/mol. The summed E-state index contributed by atoms with van der Waals surface area (Å²) in [5, 5.41) is 5.53. The minimum Gasteiger partial charge on any atom is -1.00 e. The maximum Gasteiger partial charge on any atom is -1.00 e. The van der Waals surface area contributed by atoms with Crippen molar-refractivity contribution in [3.8, 4) is 0 Å². The van der Waals surface area contributed by atoms with Crippen LogP contribution < -0.4 is 24.8 Å². The van der Waals surface area contributed by atoms with Crippen molar-refractivity contribution in [3.05, 3.63) is 124 Å². The van der Waals surface area contributed by atoms with Crippen molar-refractivity contribution in [2.45, 2.75) is 66.2 Å². The summed E-state index contributed by atoms with van der Waals surface area (Å²) in [7, 11) is 0. The van der Waals surface area contributed by atoms with Gasteiger partial charge >= 0.3 is 76.7 Å². The van der Waals surface area contributed by atoms with E-state index < -0.39 is 0 Å². The van der Waals surface area contributed by atoms with Gasteiger partial charge in [-0.05, 0) is 11.1 Å². The van der Waals surface area contributed by atoms with Gasteiger partial charge in [0, 0.05) is 10.8 Å². The molecule has 0 saturated carbocycles. The molecule has 4 aromatic rings. The van der Waals surface area contributed by atoms with Crippen molar-refractivity contribution in [1.29, 1.82) is 0 Å². The Morgan fingerprint density at radius 1 is 0.786 bits per heavy atom. The van der Waals surface area contributed by atoms with Crippen LogP contribution in [0.15, 0.2) is 84.5 Å². The van der Waals surface area contributed by atoms with Crippen molar-refractivity contribution < 1.29 is 49.0 Å². The molecular weight excluding hydrogens is 631 g/mol. The number of rotatable bonds is 1. The van der Waals surface area contributed by atoms with Crippen LogP contribution in [0.3, 0.4) is 0 Å². The van der Waals surface area contributed by atoms with Crippen LogP contribution in [0.4, 0.5) is 0 Å². The van der Waals surface area contributed by atoms with Gasteiger partial charge in [0.05, 0.1) is 0 Å². The van der Waals surface area contributed by atoms with E-state index in [-0.39, 0.29) is 35.6 Å². The van der Waals surface area contributed by atoms with Gasteiger partial charge in [0.15, 0.2) is 0 Å². The van der Waals surface area contributed by atoms with Gasteiger partial charge in [0.1, 0.15) is 0 Å². The molecule has 0 radical (unpaired) electrons. The van der Waals surface area contributed by atoms with Crippen LogP contribution in [-0.2, 0) is 35.1 Å². The number of allylic oxidation sites excluding steroid dienone is 6. The third-order valence-electron chi connectivity index (χ3n) is 8.36. The van der Waals surface area contributed by atoms with Crippen LogP contribution in [0.25, 0.3) is 33.7 Å². The molecule has 7 rings (SSSR count). The Hall–Kier alpha value is -2.18. The first-order valence-electron chi connectivity index (χ1n) is 14.3. The van der Waals surface area contributed by atoms with Gasteiger partial charge in [-0.1, -0.05) is 88.1 Å². The summed E-state index contributed by atoms with van der Waals surface area (Å²) in [5.41, 5.74) is 10.0.